The predicted octanol–water partition coefficient (Wildman–Crippen LogP) is 6.10. The van der Waals surface area contributed by atoms with Crippen LogP contribution in [0.1, 0.15) is 72.5 Å². The lowest BCUT2D eigenvalue weighted by atomic mass is 9.89. The van der Waals surface area contributed by atoms with E-state index >= 15 is 0 Å². The Hall–Kier alpha value is -3.30. The average molecular weight is 554 g/mol. The minimum absolute atomic E-state index is 0.0305. The van der Waals surface area contributed by atoms with Crippen LogP contribution < -0.4 is 10.6 Å². The van der Waals surface area contributed by atoms with Crippen LogP contribution in [0.15, 0.2) is 54.6 Å². The number of nitrogens with one attached hydrogen (secondary N) is 2. The predicted molar refractivity (Wildman–Crippen MR) is 151 cm³/mol. The standard InChI is InChI=1S/C31H38F3N5O/c1-20(36-21(2)24-11-13-26(14-12-24)31(32,33)34)19-35-30(5)15-17-39(18-16-30)29(40)27-22(3)37-28(38-23(27)4)25-9-7-6-8-10-25/h6-14,20-21,35-36H,15-19H2,1-5H3/t20-,21-/m0/s1. The molecule has 0 bridgehead atoms. The lowest BCUT2D eigenvalue weighted by Crippen LogP contribution is -2.55. The number of aryl methyl sites for hydroxylation is 2. The van der Waals surface area contributed by atoms with Gasteiger partial charge in [0.15, 0.2) is 5.82 Å². The fourth-order valence-corrected chi connectivity index (χ4v) is 5.22. The number of nitrogens with zero attached hydrogens (tertiary/aromatic N) is 3. The minimum Gasteiger partial charge on any atom is -0.338 e. The molecule has 4 rings (SSSR count). The Morgan fingerprint density at radius 2 is 1.55 bits per heavy atom. The molecule has 0 unspecified atom stereocenters. The van der Waals surface area contributed by atoms with E-state index in [-0.39, 0.29) is 23.5 Å². The monoisotopic (exact) mass is 553 g/mol. The van der Waals surface area contributed by atoms with Crippen LogP contribution in [0.2, 0.25) is 0 Å². The maximum atomic E-state index is 13.5. The van der Waals surface area contributed by atoms with E-state index in [4.69, 9.17) is 0 Å². The maximum Gasteiger partial charge on any atom is 0.416 e. The van der Waals surface area contributed by atoms with Gasteiger partial charge in [-0.3, -0.25) is 4.79 Å². The molecule has 0 spiro atoms. The number of carbonyl (C=O) groups is 1. The van der Waals surface area contributed by atoms with E-state index in [9.17, 15) is 18.0 Å². The lowest BCUT2D eigenvalue weighted by Gasteiger charge is -2.41. The summed E-state index contributed by atoms with van der Waals surface area (Å²) in [5.41, 5.74) is 2.91. The normalized spacial score (nSPS) is 16.9. The Balaban J connectivity index is 1.29. The summed E-state index contributed by atoms with van der Waals surface area (Å²) in [5.74, 6) is 0.593. The quantitative estimate of drug-likeness (QED) is 0.353. The molecule has 2 atom stereocenters. The molecule has 1 saturated heterocycles. The third-order valence-electron chi connectivity index (χ3n) is 7.78. The van der Waals surface area contributed by atoms with Crippen molar-refractivity contribution in [3.63, 3.8) is 0 Å². The molecule has 40 heavy (non-hydrogen) atoms. The highest BCUT2D eigenvalue weighted by molar-refractivity contribution is 5.96. The Morgan fingerprint density at radius 1 is 0.975 bits per heavy atom. The molecule has 0 aliphatic carbocycles. The molecule has 2 N–H and O–H groups in total. The smallest absolute Gasteiger partial charge is 0.338 e. The molecule has 1 aliphatic rings. The molecule has 214 valence electrons. The first-order valence-electron chi connectivity index (χ1n) is 13.7. The zero-order valence-electron chi connectivity index (χ0n) is 23.8. The highest BCUT2D eigenvalue weighted by Gasteiger charge is 2.34. The number of rotatable bonds is 8. The fraction of sp³-hybridized carbons (Fsp3) is 0.452. The maximum absolute atomic E-state index is 13.5. The second-order valence-corrected chi connectivity index (χ2v) is 11.1. The first kappa shape index (κ1) is 29.7. The Labute approximate surface area is 234 Å². The van der Waals surface area contributed by atoms with Gasteiger partial charge in [0.05, 0.1) is 22.5 Å². The number of hydrogen-bond acceptors (Lipinski definition) is 5. The summed E-state index contributed by atoms with van der Waals surface area (Å²) in [4.78, 5) is 24.6. The fourth-order valence-electron chi connectivity index (χ4n) is 5.22. The molecule has 9 heteroatoms. The number of amides is 1. The molecule has 0 saturated carbocycles. The second-order valence-electron chi connectivity index (χ2n) is 11.1. The molecule has 2 heterocycles. The van der Waals surface area contributed by atoms with Gasteiger partial charge in [0.25, 0.3) is 5.91 Å². The summed E-state index contributed by atoms with van der Waals surface area (Å²) in [5, 5.41) is 7.12. The highest BCUT2D eigenvalue weighted by atomic mass is 19.4. The molecule has 1 aliphatic heterocycles. The minimum atomic E-state index is -4.33. The van der Waals surface area contributed by atoms with Crippen LogP contribution in [0.3, 0.4) is 0 Å². The van der Waals surface area contributed by atoms with Crippen molar-refractivity contribution in [2.24, 2.45) is 0 Å². The molecule has 1 amide bonds. The molecular weight excluding hydrogens is 515 g/mol. The van der Waals surface area contributed by atoms with Crippen molar-refractivity contribution in [1.82, 2.24) is 25.5 Å². The largest absolute Gasteiger partial charge is 0.416 e. The van der Waals surface area contributed by atoms with Crippen molar-refractivity contribution in [3.05, 3.63) is 82.7 Å². The number of piperidine rings is 1. The molecular formula is C31H38F3N5O. The SMILES string of the molecule is Cc1nc(-c2ccccc2)nc(C)c1C(=O)N1CCC(C)(NC[C@H](C)N[C@@H](C)c2ccc(C(F)(F)F)cc2)CC1. The van der Waals surface area contributed by atoms with Crippen LogP contribution >= 0.6 is 0 Å². The number of aromatic nitrogens is 2. The van der Waals surface area contributed by atoms with Crippen LogP contribution in [0, 0.1) is 13.8 Å². The molecule has 1 aromatic heterocycles. The van der Waals surface area contributed by atoms with Crippen molar-refractivity contribution in [2.45, 2.75) is 71.3 Å². The van der Waals surface area contributed by atoms with Crippen molar-refractivity contribution in [1.29, 1.82) is 0 Å². The van der Waals surface area contributed by atoms with Gasteiger partial charge in [-0.25, -0.2) is 9.97 Å². The second kappa shape index (κ2) is 12.1. The number of halogens is 3. The van der Waals surface area contributed by atoms with Gasteiger partial charge in [0.2, 0.25) is 0 Å². The van der Waals surface area contributed by atoms with Gasteiger partial charge in [0.1, 0.15) is 0 Å². The van der Waals surface area contributed by atoms with Crippen LogP contribution in [0.25, 0.3) is 11.4 Å². The van der Waals surface area contributed by atoms with Gasteiger partial charge in [-0.05, 0) is 65.2 Å². The molecule has 0 radical (unpaired) electrons. The third kappa shape index (κ3) is 7.06. The van der Waals surface area contributed by atoms with Gasteiger partial charge >= 0.3 is 6.18 Å². The highest BCUT2D eigenvalue weighted by Crippen LogP contribution is 2.30. The van der Waals surface area contributed by atoms with Crippen molar-refractivity contribution < 1.29 is 18.0 Å². The average Bonchev–Trinajstić information content (AvgIpc) is 2.92. The summed E-state index contributed by atoms with van der Waals surface area (Å²) < 4.78 is 38.6. The van der Waals surface area contributed by atoms with Gasteiger partial charge in [-0.15, -0.1) is 0 Å². The summed E-state index contributed by atoms with van der Waals surface area (Å²) in [6, 6.07) is 15.1. The number of alkyl halides is 3. The third-order valence-corrected chi connectivity index (χ3v) is 7.78. The van der Waals surface area contributed by atoms with Crippen LogP contribution in [-0.2, 0) is 6.18 Å². The number of likely N-dealkylation sites (tertiary alicyclic amines) is 1. The Kier molecular flexibility index (Phi) is 8.95. The van der Waals surface area contributed by atoms with Gasteiger partial charge < -0.3 is 15.5 Å². The van der Waals surface area contributed by atoms with E-state index in [0.29, 0.717) is 42.4 Å². The van der Waals surface area contributed by atoms with E-state index in [1.54, 1.807) is 0 Å². The zero-order valence-corrected chi connectivity index (χ0v) is 23.8. The number of hydrogen-bond donors (Lipinski definition) is 2. The summed E-state index contributed by atoms with van der Waals surface area (Å²) in [6.07, 6.45) is -2.72. The zero-order chi connectivity index (χ0) is 29.1. The van der Waals surface area contributed by atoms with E-state index in [1.807, 2.05) is 56.0 Å². The number of benzene rings is 2. The van der Waals surface area contributed by atoms with Crippen molar-refractivity contribution in [2.75, 3.05) is 19.6 Å². The van der Waals surface area contributed by atoms with E-state index in [2.05, 4.69) is 34.4 Å². The van der Waals surface area contributed by atoms with E-state index < -0.39 is 11.7 Å². The first-order valence-corrected chi connectivity index (χ1v) is 13.7. The van der Waals surface area contributed by atoms with E-state index in [0.717, 1.165) is 36.1 Å². The molecule has 6 nitrogen and oxygen atoms in total. The Morgan fingerprint density at radius 3 is 2.10 bits per heavy atom. The van der Waals surface area contributed by atoms with E-state index in [1.165, 1.54) is 12.1 Å². The lowest BCUT2D eigenvalue weighted by molar-refractivity contribution is -0.137. The van der Waals surface area contributed by atoms with Crippen molar-refractivity contribution in [3.8, 4) is 11.4 Å². The van der Waals surface area contributed by atoms with Crippen LogP contribution in [-0.4, -0.2) is 52.0 Å². The topological polar surface area (TPSA) is 70.2 Å². The molecule has 3 aromatic rings. The van der Waals surface area contributed by atoms with Crippen molar-refractivity contribution >= 4 is 5.91 Å². The van der Waals surface area contributed by atoms with Crippen LogP contribution in [0.4, 0.5) is 13.2 Å². The number of carbonyl (C=O) groups excluding carboxylic acids is 1. The van der Waals surface area contributed by atoms with Gasteiger partial charge in [0, 0.05) is 42.8 Å². The van der Waals surface area contributed by atoms with Gasteiger partial charge in [-0.1, -0.05) is 42.5 Å². The summed E-state index contributed by atoms with van der Waals surface area (Å²) in [6.45, 7) is 11.9. The molecule has 1 fully saturated rings. The Bertz CT molecular complexity index is 1280. The summed E-state index contributed by atoms with van der Waals surface area (Å²) in [7, 11) is 0. The first-order chi connectivity index (χ1) is 18.9. The summed E-state index contributed by atoms with van der Waals surface area (Å²) >= 11 is 0. The van der Waals surface area contributed by atoms with Crippen LogP contribution in [0.5, 0.6) is 0 Å². The molecule has 2 aromatic carbocycles. The van der Waals surface area contributed by atoms with Gasteiger partial charge in [-0.2, -0.15) is 13.2 Å².